The molecular weight excluding hydrogens is 555 g/mol. The molecular formula is C25H34Cl2N4O8. The van der Waals surface area contributed by atoms with Crippen molar-refractivity contribution in [3.8, 4) is 0 Å². The van der Waals surface area contributed by atoms with E-state index < -0.39 is 18.0 Å². The molecule has 0 unspecified atom stereocenters. The number of piperidine rings is 2. The molecule has 2 spiro atoms. The van der Waals surface area contributed by atoms with Gasteiger partial charge in [-0.2, -0.15) is 0 Å². The van der Waals surface area contributed by atoms with E-state index in [9.17, 15) is 14.4 Å². The van der Waals surface area contributed by atoms with E-state index in [0.29, 0.717) is 64.5 Å². The summed E-state index contributed by atoms with van der Waals surface area (Å²) in [5.41, 5.74) is 1.09. The zero-order chi connectivity index (χ0) is 27.6. The molecule has 6 rings (SSSR count). The average Bonchev–Trinajstić information content (AvgIpc) is 3.45. The highest BCUT2D eigenvalue weighted by atomic mass is 35.5. The standard InChI is InChI=1S/C13H17ClN2O5.C12H17ClN2O3/c14-10-9(7-20-11(10)17)16-5-6-21-13(8-16)1-3-15(4-2-13)12(18)19;13-10-9(7-17-11(10)16)15-5-6-18-12(8-15)1-3-14-4-2-12/h1-8H2,(H,18,19);14H,1-8H2. The van der Waals surface area contributed by atoms with Crippen LogP contribution in [0, 0.1) is 0 Å². The molecule has 2 N–H and O–H groups in total. The maximum absolute atomic E-state index is 11.4. The average molecular weight is 589 g/mol. The van der Waals surface area contributed by atoms with Gasteiger partial charge in [-0.05, 0) is 38.8 Å². The zero-order valence-electron chi connectivity index (χ0n) is 21.7. The minimum absolute atomic E-state index is 0.0840. The molecule has 0 saturated carbocycles. The van der Waals surface area contributed by atoms with Crippen LogP contribution in [0.2, 0.25) is 0 Å². The minimum Gasteiger partial charge on any atom is -0.465 e. The predicted octanol–water partition coefficient (Wildman–Crippen LogP) is 1.29. The van der Waals surface area contributed by atoms with Crippen molar-refractivity contribution in [2.24, 2.45) is 0 Å². The second-order valence-corrected chi connectivity index (χ2v) is 11.4. The molecule has 14 heteroatoms. The molecule has 12 nitrogen and oxygen atoms in total. The summed E-state index contributed by atoms with van der Waals surface area (Å²) < 4.78 is 21.8. The van der Waals surface area contributed by atoms with Gasteiger partial charge in [0.15, 0.2) is 0 Å². The number of hydrogen-bond acceptors (Lipinski definition) is 10. The number of cyclic esters (lactones) is 2. The van der Waals surface area contributed by atoms with Crippen molar-refractivity contribution in [1.29, 1.82) is 0 Å². The largest absolute Gasteiger partial charge is 0.465 e. The second kappa shape index (κ2) is 11.7. The number of morpholine rings is 2. The number of carbonyl (C=O) groups is 3. The van der Waals surface area contributed by atoms with Crippen LogP contribution in [0.5, 0.6) is 0 Å². The Labute approximate surface area is 236 Å². The van der Waals surface area contributed by atoms with Crippen LogP contribution in [0.1, 0.15) is 25.7 Å². The second-order valence-electron chi connectivity index (χ2n) is 10.6. The Balaban J connectivity index is 0.000000160. The molecule has 4 fully saturated rings. The molecule has 0 atom stereocenters. The first kappa shape index (κ1) is 28.3. The molecule has 0 aromatic rings. The first-order chi connectivity index (χ1) is 18.7. The van der Waals surface area contributed by atoms with E-state index in [1.54, 1.807) is 0 Å². The number of likely N-dealkylation sites (tertiary alicyclic amines) is 1. The molecule has 0 aromatic heterocycles. The van der Waals surface area contributed by atoms with Gasteiger partial charge in [-0.25, -0.2) is 14.4 Å². The third kappa shape index (κ3) is 6.09. The summed E-state index contributed by atoms with van der Waals surface area (Å²) in [5.74, 6) is -0.884. The van der Waals surface area contributed by atoms with Crippen LogP contribution in [0.25, 0.3) is 0 Å². The van der Waals surface area contributed by atoms with E-state index in [1.165, 1.54) is 4.90 Å². The lowest BCUT2D eigenvalue weighted by atomic mass is 9.89. The highest BCUT2D eigenvalue weighted by Crippen LogP contribution is 2.34. The third-order valence-corrected chi connectivity index (χ3v) is 9.01. The smallest absolute Gasteiger partial charge is 0.407 e. The van der Waals surface area contributed by atoms with Crippen molar-refractivity contribution in [3.05, 3.63) is 21.5 Å². The summed E-state index contributed by atoms with van der Waals surface area (Å²) in [6.07, 6.45) is 2.41. The first-order valence-electron chi connectivity index (χ1n) is 13.3. The molecule has 6 aliphatic rings. The summed E-state index contributed by atoms with van der Waals surface area (Å²) in [5, 5.41) is 12.7. The van der Waals surface area contributed by atoms with Crippen LogP contribution in [0.3, 0.4) is 0 Å². The molecule has 1 amide bonds. The van der Waals surface area contributed by atoms with Crippen LogP contribution >= 0.6 is 23.2 Å². The van der Waals surface area contributed by atoms with Crippen molar-refractivity contribution in [1.82, 2.24) is 20.0 Å². The number of hydrogen-bond donors (Lipinski definition) is 2. The lowest BCUT2D eigenvalue weighted by Crippen LogP contribution is -2.57. The Kier molecular flexibility index (Phi) is 8.48. The lowest BCUT2D eigenvalue weighted by molar-refractivity contribution is -0.137. The predicted molar refractivity (Wildman–Crippen MR) is 139 cm³/mol. The lowest BCUT2D eigenvalue weighted by Gasteiger charge is -2.47. The SMILES string of the molecule is O=C1OCC(N2CCOC3(CCN(C(=O)O)CC3)C2)=C1Cl.O=C1OCC(N2CCOC3(CCNCC3)C2)=C1Cl. The molecule has 0 bridgehead atoms. The maximum atomic E-state index is 11.4. The van der Waals surface area contributed by atoms with Crippen molar-refractivity contribution >= 4 is 41.2 Å². The van der Waals surface area contributed by atoms with Gasteiger partial charge in [-0.3, -0.25) is 0 Å². The van der Waals surface area contributed by atoms with Gasteiger partial charge < -0.3 is 44.1 Å². The number of esters is 2. The van der Waals surface area contributed by atoms with Gasteiger partial charge in [-0.1, -0.05) is 23.2 Å². The third-order valence-electron chi connectivity index (χ3n) is 8.27. The zero-order valence-corrected chi connectivity index (χ0v) is 23.2. The Hall–Kier alpha value is -2.25. The number of rotatable bonds is 2. The van der Waals surface area contributed by atoms with Crippen LogP contribution < -0.4 is 5.32 Å². The Morgan fingerprint density at radius 2 is 1.23 bits per heavy atom. The van der Waals surface area contributed by atoms with Crippen LogP contribution in [-0.2, 0) is 28.5 Å². The van der Waals surface area contributed by atoms with Crippen LogP contribution in [-0.4, -0.2) is 128 Å². The summed E-state index contributed by atoms with van der Waals surface area (Å²) in [4.78, 5) is 39.3. The number of halogens is 2. The number of nitrogens with one attached hydrogen (secondary N) is 1. The van der Waals surface area contributed by atoms with Crippen molar-refractivity contribution in [2.45, 2.75) is 36.9 Å². The van der Waals surface area contributed by atoms with Gasteiger partial charge in [0, 0.05) is 39.3 Å². The fourth-order valence-corrected chi connectivity index (χ4v) is 6.42. The van der Waals surface area contributed by atoms with Gasteiger partial charge >= 0.3 is 18.0 Å². The quantitative estimate of drug-likeness (QED) is 0.452. The fourth-order valence-electron chi connectivity index (χ4n) is 5.96. The molecule has 39 heavy (non-hydrogen) atoms. The number of nitrogens with zero attached hydrogens (tertiary/aromatic N) is 3. The maximum Gasteiger partial charge on any atom is 0.407 e. The van der Waals surface area contributed by atoms with E-state index >= 15 is 0 Å². The first-order valence-corrected chi connectivity index (χ1v) is 14.0. The van der Waals surface area contributed by atoms with Crippen molar-refractivity contribution in [3.63, 3.8) is 0 Å². The summed E-state index contributed by atoms with van der Waals surface area (Å²) >= 11 is 12.0. The number of ether oxygens (including phenoxy) is 4. The Morgan fingerprint density at radius 3 is 1.64 bits per heavy atom. The molecule has 216 valence electrons. The van der Waals surface area contributed by atoms with E-state index in [0.717, 1.165) is 44.7 Å². The topological polar surface area (TPSA) is 130 Å². The fraction of sp³-hybridized carbons (Fsp3) is 0.720. The van der Waals surface area contributed by atoms with Gasteiger partial charge in [0.05, 0.1) is 35.8 Å². The number of amides is 1. The molecule has 0 aromatic carbocycles. The number of carboxylic acid groups (broad SMARTS) is 1. The van der Waals surface area contributed by atoms with Gasteiger partial charge in [-0.15, -0.1) is 0 Å². The Bertz CT molecular complexity index is 1050. The van der Waals surface area contributed by atoms with E-state index in [1.807, 2.05) is 4.90 Å². The van der Waals surface area contributed by atoms with Crippen molar-refractivity contribution < 1.29 is 38.4 Å². The van der Waals surface area contributed by atoms with E-state index in [4.69, 9.17) is 47.3 Å². The van der Waals surface area contributed by atoms with E-state index in [-0.39, 0.29) is 27.9 Å². The molecule has 0 radical (unpaired) electrons. The van der Waals surface area contributed by atoms with Crippen LogP contribution in [0.15, 0.2) is 21.5 Å². The highest BCUT2D eigenvalue weighted by Gasteiger charge is 2.43. The summed E-state index contributed by atoms with van der Waals surface area (Å²) in [6, 6.07) is 0. The summed E-state index contributed by atoms with van der Waals surface area (Å²) in [6.45, 7) is 7.46. The van der Waals surface area contributed by atoms with Gasteiger partial charge in [0.1, 0.15) is 23.3 Å². The Morgan fingerprint density at radius 1 is 0.769 bits per heavy atom. The molecule has 6 aliphatic heterocycles. The highest BCUT2D eigenvalue weighted by molar-refractivity contribution is 6.42. The van der Waals surface area contributed by atoms with E-state index in [2.05, 4.69) is 10.2 Å². The van der Waals surface area contributed by atoms with Crippen molar-refractivity contribution in [2.75, 3.05) is 78.8 Å². The molecule has 4 saturated heterocycles. The van der Waals surface area contributed by atoms with Gasteiger partial charge in [0.25, 0.3) is 0 Å². The molecule has 0 aliphatic carbocycles. The van der Waals surface area contributed by atoms with Gasteiger partial charge in [0.2, 0.25) is 0 Å². The summed E-state index contributed by atoms with van der Waals surface area (Å²) in [7, 11) is 0. The monoisotopic (exact) mass is 588 g/mol. The molecule has 6 heterocycles. The normalized spacial score (nSPS) is 26.6. The van der Waals surface area contributed by atoms with Crippen LogP contribution in [0.4, 0.5) is 4.79 Å². The minimum atomic E-state index is -0.891. The number of carbonyl (C=O) groups excluding carboxylic acids is 2.